The summed E-state index contributed by atoms with van der Waals surface area (Å²) in [7, 11) is -10.8. The van der Waals surface area contributed by atoms with Gasteiger partial charge in [-0.2, -0.15) is 4.31 Å². The van der Waals surface area contributed by atoms with Crippen molar-refractivity contribution < 1.29 is 101 Å². The maximum atomic E-state index is 14.0. The van der Waals surface area contributed by atoms with Gasteiger partial charge in [0.2, 0.25) is 47.3 Å². The van der Waals surface area contributed by atoms with Gasteiger partial charge >= 0.3 is 21.3 Å². The van der Waals surface area contributed by atoms with Crippen LogP contribution >= 0.6 is 15.6 Å². The summed E-state index contributed by atoms with van der Waals surface area (Å²) in [4.78, 5) is 152. The molecule has 2 fully saturated rings. The molecule has 33 nitrogen and oxygen atoms in total. The lowest BCUT2D eigenvalue weighted by atomic mass is 10.0. The highest BCUT2D eigenvalue weighted by Gasteiger charge is 2.47. The molecule has 0 spiro atoms. The van der Waals surface area contributed by atoms with Crippen LogP contribution in [0.15, 0.2) is 21.9 Å². The summed E-state index contributed by atoms with van der Waals surface area (Å²) < 4.78 is 50.5. The fourth-order valence-corrected chi connectivity index (χ4v) is 10.0. The van der Waals surface area contributed by atoms with Gasteiger partial charge < -0.3 is 82.2 Å². The van der Waals surface area contributed by atoms with Crippen molar-refractivity contribution in [2.45, 2.75) is 160 Å². The molecule has 448 valence electrons. The summed E-state index contributed by atoms with van der Waals surface area (Å²) in [5.74, 6) is -8.09. The first kappa shape index (κ1) is 67.7. The normalized spacial score (nSPS) is 22.9. The molecular formula is C44H74N10O23P2. The Morgan fingerprint density at radius 3 is 1.89 bits per heavy atom. The average Bonchev–Trinajstić information content (AvgIpc) is 3.95. The number of H-pyrrole nitrogens is 1. The molecule has 0 aromatic carbocycles. The number of hydrogen-bond acceptors (Lipinski definition) is 21. The molecule has 0 aliphatic carbocycles. The van der Waals surface area contributed by atoms with Crippen LogP contribution < -0.4 is 48.9 Å². The van der Waals surface area contributed by atoms with E-state index in [1.807, 2.05) is 4.98 Å². The zero-order chi connectivity index (χ0) is 59.9. The molecule has 0 saturated carbocycles. The Bertz CT molecular complexity index is 2530. The average molecular weight is 1170 g/mol. The summed E-state index contributed by atoms with van der Waals surface area (Å²) in [6, 6.07) is -8.97. The number of phosphoric ester groups is 2. The number of carbonyl (C=O) groups is 8. The molecule has 0 radical (unpaired) electrons. The van der Waals surface area contributed by atoms with E-state index < -0.39 is 185 Å². The minimum Gasteiger partial charge on any atom is -0.391 e. The van der Waals surface area contributed by atoms with Crippen LogP contribution in [0.3, 0.4) is 0 Å². The van der Waals surface area contributed by atoms with Crippen molar-refractivity contribution in [1.82, 2.24) is 46.4 Å². The van der Waals surface area contributed by atoms with Crippen LogP contribution in [0, 0.1) is 11.8 Å². The van der Waals surface area contributed by atoms with Crippen molar-refractivity contribution in [3.63, 3.8) is 0 Å². The molecule has 79 heavy (non-hydrogen) atoms. The lowest BCUT2D eigenvalue weighted by molar-refractivity contribution is -0.145. The summed E-state index contributed by atoms with van der Waals surface area (Å²) in [6.45, 7) is 8.70. The standard InChI is InChI=1S/C44H74N10O23P2/c1-20(2)30(47-25(8)57)40(65)52-33(24(7)56)42(67)53-14-11-12-27(53)38(63)50-31(21(3)4)39(64)48-26(37(62)51-32(23(6)55)41(66)46-22(5)36(45)61)18-73-16-9-10-17-74-78(69,70)77-79(71,72)75-19-28-34(59)35(60)43(76-28)54-15-13-29(58)49-44(54)68/h13,15,20-24,26-28,30-35,43,55-56,59-60H,9-12,14,16-19H2,1-8H3,(H2,45,61)(H,46,66)(H,47,57)(H,48,64)(H,50,63)(H,51,62)(H,52,65)(H,69,70)(H,71,72)(H,49,58,68)/t22-,23+,24+,26-,27-,28+,30-,31-,32-,33-,34+,35+,43+/m0/s1. The quantitative estimate of drug-likeness (QED) is 0.0244. The molecule has 15 atom stereocenters. The predicted octanol–water partition coefficient (Wildman–Crippen LogP) is -5.30. The molecule has 3 heterocycles. The van der Waals surface area contributed by atoms with Crippen molar-refractivity contribution in [3.05, 3.63) is 33.1 Å². The van der Waals surface area contributed by atoms with E-state index in [0.29, 0.717) is 6.42 Å². The number of unbranched alkanes of at least 4 members (excludes halogenated alkanes) is 1. The van der Waals surface area contributed by atoms with Crippen LogP contribution in [0.5, 0.6) is 0 Å². The van der Waals surface area contributed by atoms with Crippen LogP contribution in [0.4, 0.5) is 0 Å². The van der Waals surface area contributed by atoms with Gasteiger partial charge in [-0.1, -0.05) is 27.7 Å². The van der Waals surface area contributed by atoms with Gasteiger partial charge in [0.05, 0.1) is 32.0 Å². The SMILES string of the molecule is CC(=O)N[C@H](C(=O)N[C@H](C(=O)N1CCC[C@H]1C(=O)N[C@H](C(=O)N[C@@H](COCCCCOP(=O)(O)OP(=O)(O)OC[C@H]1O[C@@H](n2ccc(=O)[nH]c2=O)[C@H](O)[C@@H]1O)C(=O)N[C@H](C(=O)N[C@@H](C)C(N)=O)[C@@H](C)O)C(C)C)[C@@H](C)O)C(C)C. The third-order valence-corrected chi connectivity index (χ3v) is 14.8. The van der Waals surface area contributed by atoms with Gasteiger partial charge in [0.1, 0.15) is 60.6 Å². The van der Waals surface area contributed by atoms with Gasteiger partial charge in [-0.15, -0.1) is 0 Å². The van der Waals surface area contributed by atoms with Gasteiger partial charge in [0.25, 0.3) is 5.56 Å². The summed E-state index contributed by atoms with van der Waals surface area (Å²) >= 11 is 0. The van der Waals surface area contributed by atoms with Crippen molar-refractivity contribution in [2.75, 3.05) is 33.0 Å². The molecular weight excluding hydrogens is 1100 g/mol. The zero-order valence-electron chi connectivity index (χ0n) is 44.7. The molecule has 1 aromatic heterocycles. The van der Waals surface area contributed by atoms with Crippen LogP contribution in [0.1, 0.15) is 87.3 Å². The fraction of sp³-hybridized carbons (Fsp3) is 0.727. The number of aliphatic hydroxyl groups is 4. The van der Waals surface area contributed by atoms with E-state index in [-0.39, 0.29) is 32.4 Å². The highest BCUT2D eigenvalue weighted by molar-refractivity contribution is 7.61. The summed E-state index contributed by atoms with van der Waals surface area (Å²) in [6.07, 6.45) is -8.61. The number of aromatic amines is 1. The number of likely N-dealkylation sites (tertiary alicyclic amines) is 1. The number of amides is 8. The van der Waals surface area contributed by atoms with Crippen LogP contribution in [0.25, 0.3) is 0 Å². The molecule has 3 rings (SSSR count). The third kappa shape index (κ3) is 20.5. The highest BCUT2D eigenvalue weighted by atomic mass is 31.3. The number of ether oxygens (including phenoxy) is 2. The van der Waals surface area contributed by atoms with E-state index >= 15 is 0 Å². The summed E-state index contributed by atoms with van der Waals surface area (Å²) in [5.41, 5.74) is 3.45. The second kappa shape index (κ2) is 30.3. The Kier molecular flexibility index (Phi) is 26.0. The van der Waals surface area contributed by atoms with Gasteiger partial charge in [0.15, 0.2) is 6.23 Å². The van der Waals surface area contributed by atoms with Gasteiger partial charge in [-0.3, -0.25) is 61.7 Å². The fourth-order valence-electron chi connectivity index (χ4n) is 7.89. The Balaban J connectivity index is 1.68. The number of rotatable bonds is 31. The van der Waals surface area contributed by atoms with E-state index in [4.69, 9.17) is 19.7 Å². The summed E-state index contributed by atoms with van der Waals surface area (Å²) in [5, 5.41) is 56.3. The van der Waals surface area contributed by atoms with Crippen molar-refractivity contribution in [1.29, 1.82) is 0 Å². The monoisotopic (exact) mass is 1170 g/mol. The van der Waals surface area contributed by atoms with E-state index in [0.717, 1.165) is 28.7 Å². The lowest BCUT2D eigenvalue weighted by Gasteiger charge is -2.32. The minimum absolute atomic E-state index is 0.0213. The topological polar surface area (TPSA) is 495 Å². The number of nitrogens with zero attached hydrogens (tertiary/aromatic N) is 2. The first-order chi connectivity index (χ1) is 36.7. The second-order valence-corrected chi connectivity index (χ2v) is 22.5. The number of aliphatic hydroxyl groups excluding tert-OH is 4. The van der Waals surface area contributed by atoms with Crippen molar-refractivity contribution in [2.24, 2.45) is 17.6 Å². The van der Waals surface area contributed by atoms with Crippen molar-refractivity contribution >= 4 is 62.9 Å². The predicted molar refractivity (Wildman–Crippen MR) is 270 cm³/mol. The molecule has 2 aliphatic rings. The maximum Gasteiger partial charge on any atom is 0.481 e. The maximum absolute atomic E-state index is 14.0. The Morgan fingerprint density at radius 1 is 0.759 bits per heavy atom. The van der Waals surface area contributed by atoms with Crippen molar-refractivity contribution in [3.8, 4) is 0 Å². The molecule has 15 N–H and O–H groups in total. The Labute approximate surface area is 452 Å². The third-order valence-electron chi connectivity index (χ3n) is 12.2. The number of nitrogens with two attached hydrogens (primary N) is 1. The lowest BCUT2D eigenvalue weighted by Crippen LogP contribution is -2.62. The number of nitrogens with one attached hydrogen (secondary N) is 7. The number of aromatic nitrogens is 2. The Morgan fingerprint density at radius 2 is 1.32 bits per heavy atom. The number of carbonyl (C=O) groups excluding carboxylic acids is 8. The zero-order valence-corrected chi connectivity index (χ0v) is 46.5. The second-order valence-electron chi connectivity index (χ2n) is 19.5. The van der Waals surface area contributed by atoms with E-state index in [1.165, 1.54) is 20.8 Å². The molecule has 2 aliphatic heterocycles. The van der Waals surface area contributed by atoms with E-state index in [1.54, 1.807) is 27.7 Å². The molecule has 2 saturated heterocycles. The minimum atomic E-state index is -5.46. The first-order valence-corrected chi connectivity index (χ1v) is 28.0. The van der Waals surface area contributed by atoms with Gasteiger partial charge in [-0.05, 0) is 58.3 Å². The number of primary amides is 1. The molecule has 35 heteroatoms. The van der Waals surface area contributed by atoms with Crippen LogP contribution in [-0.2, 0) is 70.3 Å². The smallest absolute Gasteiger partial charge is 0.391 e. The molecule has 1 aromatic rings. The van der Waals surface area contributed by atoms with Gasteiger partial charge in [-0.25, -0.2) is 13.9 Å². The number of phosphoric acid groups is 2. The van der Waals surface area contributed by atoms with Crippen LogP contribution in [-0.4, -0.2) is 198 Å². The largest absolute Gasteiger partial charge is 0.481 e. The highest BCUT2D eigenvalue weighted by Crippen LogP contribution is 2.60. The molecule has 8 amide bonds. The molecule has 0 bridgehead atoms. The number of hydrogen-bond donors (Lipinski definition) is 14. The molecule has 2 unspecified atom stereocenters. The Hall–Kier alpha value is -5.54. The van der Waals surface area contributed by atoms with Crippen LogP contribution in [0.2, 0.25) is 0 Å². The first-order valence-electron chi connectivity index (χ1n) is 25.0. The van der Waals surface area contributed by atoms with Gasteiger partial charge in [0, 0.05) is 32.3 Å². The van der Waals surface area contributed by atoms with E-state index in [9.17, 15) is 87.3 Å². The van der Waals surface area contributed by atoms with E-state index in [2.05, 4.69) is 40.7 Å².